The molecule has 156 valence electrons. The van der Waals surface area contributed by atoms with Gasteiger partial charge in [0, 0.05) is 25.6 Å². The van der Waals surface area contributed by atoms with Gasteiger partial charge in [0.05, 0.1) is 0 Å². The largest absolute Gasteiger partial charge is 0.484 e. The number of hydrogen-bond acceptors (Lipinski definition) is 3. The van der Waals surface area contributed by atoms with E-state index in [-0.39, 0.29) is 41.8 Å². The molecule has 1 aliphatic carbocycles. The van der Waals surface area contributed by atoms with Gasteiger partial charge in [0.1, 0.15) is 11.6 Å². The maximum atomic E-state index is 14.1. The fourth-order valence-electron chi connectivity index (χ4n) is 3.14. The third-order valence-corrected chi connectivity index (χ3v) is 4.86. The van der Waals surface area contributed by atoms with Crippen LogP contribution >= 0.6 is 24.0 Å². The average Bonchev–Trinajstić information content (AvgIpc) is 3.48. The number of primary amides is 1. The summed E-state index contributed by atoms with van der Waals surface area (Å²) in [4.78, 5) is 15.1. The molecule has 4 N–H and O–H groups in total. The Morgan fingerprint density at radius 2 is 1.97 bits per heavy atom. The number of benzene rings is 2. The highest BCUT2D eigenvalue weighted by Crippen LogP contribution is 2.48. The maximum absolute atomic E-state index is 14.1. The Hall–Kier alpha value is -2.36. The van der Waals surface area contributed by atoms with Crippen molar-refractivity contribution in [3.05, 3.63) is 65.5 Å². The lowest BCUT2D eigenvalue weighted by molar-refractivity contribution is -0.119. The molecule has 2 aromatic carbocycles. The highest BCUT2D eigenvalue weighted by Gasteiger charge is 2.45. The number of hydrogen-bond donors (Lipinski definition) is 3. The Kier molecular flexibility index (Phi) is 8.24. The number of halogens is 2. The summed E-state index contributed by atoms with van der Waals surface area (Å²) in [6, 6.07) is 14.4. The number of aliphatic imine (C=N–C) groups is 1. The van der Waals surface area contributed by atoms with E-state index in [9.17, 15) is 9.18 Å². The summed E-state index contributed by atoms with van der Waals surface area (Å²) >= 11 is 0. The van der Waals surface area contributed by atoms with Crippen molar-refractivity contribution in [3.63, 3.8) is 0 Å². The average molecular weight is 512 g/mol. The molecule has 1 fully saturated rings. The van der Waals surface area contributed by atoms with Crippen molar-refractivity contribution in [2.75, 3.05) is 20.2 Å². The summed E-state index contributed by atoms with van der Waals surface area (Å²) in [6.45, 7) is 0.994. The summed E-state index contributed by atoms with van der Waals surface area (Å²) in [5.41, 5.74) is 6.67. The van der Waals surface area contributed by atoms with Crippen LogP contribution in [0.25, 0.3) is 0 Å². The van der Waals surface area contributed by atoms with Gasteiger partial charge in [-0.25, -0.2) is 4.39 Å². The van der Waals surface area contributed by atoms with Crippen molar-refractivity contribution >= 4 is 35.8 Å². The van der Waals surface area contributed by atoms with E-state index < -0.39 is 5.91 Å². The van der Waals surface area contributed by atoms with Gasteiger partial charge in [-0.2, -0.15) is 0 Å². The predicted octanol–water partition coefficient (Wildman–Crippen LogP) is 2.70. The van der Waals surface area contributed by atoms with Crippen molar-refractivity contribution < 1.29 is 13.9 Å². The van der Waals surface area contributed by atoms with E-state index in [1.54, 1.807) is 19.2 Å². The summed E-state index contributed by atoms with van der Waals surface area (Å²) in [7, 11) is 1.70. The SMILES string of the molecule is CN=C(NCc1cccc(OCC(N)=O)c1)NCC1(c2ccccc2F)CC1.I. The van der Waals surface area contributed by atoms with Crippen LogP contribution in [0.5, 0.6) is 5.75 Å². The fraction of sp³-hybridized carbons (Fsp3) is 0.333. The standard InChI is InChI=1S/C21H25FN4O2.HI/c1-24-20(25-12-15-5-4-6-16(11-15)28-13-19(23)27)26-14-21(9-10-21)17-7-2-3-8-18(17)22;/h2-8,11H,9-10,12-14H2,1H3,(H2,23,27)(H2,24,25,26);1H. The Morgan fingerprint density at radius 3 is 2.62 bits per heavy atom. The number of carbonyl (C=O) groups is 1. The first-order valence-electron chi connectivity index (χ1n) is 9.22. The third-order valence-electron chi connectivity index (χ3n) is 4.86. The summed E-state index contributed by atoms with van der Waals surface area (Å²) in [5, 5.41) is 6.54. The Balaban J connectivity index is 0.00000300. The summed E-state index contributed by atoms with van der Waals surface area (Å²) in [5.74, 6) is 0.554. The van der Waals surface area contributed by atoms with Crippen LogP contribution in [0, 0.1) is 5.82 Å². The molecule has 0 atom stereocenters. The molecule has 1 saturated carbocycles. The predicted molar refractivity (Wildman–Crippen MR) is 122 cm³/mol. The van der Waals surface area contributed by atoms with E-state index in [1.807, 2.05) is 30.3 Å². The second-order valence-corrected chi connectivity index (χ2v) is 6.94. The van der Waals surface area contributed by atoms with Crippen molar-refractivity contribution in [3.8, 4) is 5.75 Å². The maximum Gasteiger partial charge on any atom is 0.255 e. The minimum absolute atomic E-state index is 0. The third kappa shape index (κ3) is 6.31. The summed E-state index contributed by atoms with van der Waals surface area (Å²) in [6.07, 6.45) is 1.91. The molecular weight excluding hydrogens is 486 g/mol. The van der Waals surface area contributed by atoms with Crippen molar-refractivity contribution in [1.29, 1.82) is 0 Å². The fourth-order valence-corrected chi connectivity index (χ4v) is 3.14. The number of rotatable bonds is 8. The first kappa shape index (κ1) is 22.9. The molecule has 0 radical (unpaired) electrons. The number of nitrogens with zero attached hydrogens (tertiary/aromatic N) is 1. The Bertz CT molecular complexity index is 871. The molecule has 0 bridgehead atoms. The van der Waals surface area contributed by atoms with E-state index in [4.69, 9.17) is 10.5 Å². The number of nitrogens with two attached hydrogens (primary N) is 1. The van der Waals surface area contributed by atoms with Crippen LogP contribution in [0.15, 0.2) is 53.5 Å². The topological polar surface area (TPSA) is 88.7 Å². The van der Waals surface area contributed by atoms with Gasteiger partial charge in [0.2, 0.25) is 0 Å². The number of ether oxygens (including phenoxy) is 1. The normalized spacial score (nSPS) is 14.5. The molecule has 0 aromatic heterocycles. The van der Waals surface area contributed by atoms with E-state index in [1.165, 1.54) is 6.07 Å². The molecule has 8 heteroatoms. The molecule has 29 heavy (non-hydrogen) atoms. The minimum atomic E-state index is -0.517. The van der Waals surface area contributed by atoms with Gasteiger partial charge in [-0.1, -0.05) is 30.3 Å². The first-order chi connectivity index (χ1) is 13.5. The van der Waals surface area contributed by atoms with Crippen LogP contribution in [-0.2, 0) is 16.8 Å². The van der Waals surface area contributed by atoms with Crippen molar-refractivity contribution in [2.24, 2.45) is 10.7 Å². The highest BCUT2D eigenvalue weighted by atomic mass is 127. The zero-order valence-electron chi connectivity index (χ0n) is 16.3. The zero-order valence-corrected chi connectivity index (χ0v) is 18.6. The monoisotopic (exact) mass is 512 g/mol. The van der Waals surface area contributed by atoms with Crippen LogP contribution in [0.3, 0.4) is 0 Å². The van der Waals surface area contributed by atoms with Crippen LogP contribution < -0.4 is 21.1 Å². The second-order valence-electron chi connectivity index (χ2n) is 6.94. The number of guanidine groups is 1. The number of carbonyl (C=O) groups excluding carboxylic acids is 1. The molecule has 6 nitrogen and oxygen atoms in total. The van der Waals surface area contributed by atoms with Gasteiger partial charge >= 0.3 is 0 Å². The highest BCUT2D eigenvalue weighted by molar-refractivity contribution is 14.0. The van der Waals surface area contributed by atoms with Gasteiger partial charge < -0.3 is 21.1 Å². The Morgan fingerprint density at radius 1 is 1.21 bits per heavy atom. The zero-order chi connectivity index (χ0) is 20.0. The molecular formula is C21H26FIN4O2. The first-order valence-corrected chi connectivity index (χ1v) is 9.22. The Labute approximate surface area is 187 Å². The van der Waals surface area contributed by atoms with E-state index in [0.717, 1.165) is 24.0 Å². The van der Waals surface area contributed by atoms with Crippen LogP contribution in [0.4, 0.5) is 4.39 Å². The van der Waals surface area contributed by atoms with Gasteiger partial charge in [0.25, 0.3) is 5.91 Å². The molecule has 1 aliphatic rings. The summed E-state index contributed by atoms with van der Waals surface area (Å²) < 4.78 is 19.5. The molecule has 2 aromatic rings. The molecule has 0 spiro atoms. The molecule has 1 amide bonds. The lowest BCUT2D eigenvalue weighted by Gasteiger charge is -2.19. The van der Waals surface area contributed by atoms with Crippen LogP contribution in [0.1, 0.15) is 24.0 Å². The van der Waals surface area contributed by atoms with Crippen molar-refractivity contribution in [1.82, 2.24) is 10.6 Å². The van der Waals surface area contributed by atoms with Gasteiger partial charge in [-0.15, -0.1) is 24.0 Å². The quantitative estimate of drug-likeness (QED) is 0.289. The molecule has 3 rings (SSSR count). The van der Waals surface area contributed by atoms with E-state index in [0.29, 0.717) is 24.8 Å². The smallest absolute Gasteiger partial charge is 0.255 e. The van der Waals surface area contributed by atoms with E-state index in [2.05, 4.69) is 15.6 Å². The number of amides is 1. The molecule has 0 aliphatic heterocycles. The molecule has 0 unspecified atom stereocenters. The van der Waals surface area contributed by atoms with Gasteiger partial charge in [-0.05, 0) is 42.2 Å². The van der Waals surface area contributed by atoms with Crippen LogP contribution in [0.2, 0.25) is 0 Å². The lowest BCUT2D eigenvalue weighted by atomic mass is 9.95. The van der Waals surface area contributed by atoms with Crippen molar-refractivity contribution in [2.45, 2.75) is 24.8 Å². The van der Waals surface area contributed by atoms with Gasteiger partial charge in [-0.3, -0.25) is 9.79 Å². The number of nitrogens with one attached hydrogen (secondary N) is 2. The molecule has 0 saturated heterocycles. The second kappa shape index (κ2) is 10.4. The lowest BCUT2D eigenvalue weighted by Crippen LogP contribution is -2.41. The van der Waals surface area contributed by atoms with Crippen LogP contribution in [-0.4, -0.2) is 32.1 Å². The minimum Gasteiger partial charge on any atom is -0.484 e. The van der Waals surface area contributed by atoms with E-state index >= 15 is 0 Å². The molecule has 0 heterocycles. The van der Waals surface area contributed by atoms with Gasteiger partial charge in [0.15, 0.2) is 12.6 Å².